The van der Waals surface area contributed by atoms with E-state index in [1.54, 1.807) is 24.3 Å². The van der Waals surface area contributed by atoms with E-state index in [9.17, 15) is 23.1 Å². The molecule has 1 aromatic carbocycles. The van der Waals surface area contributed by atoms with Crippen molar-refractivity contribution >= 4 is 11.6 Å². The lowest BCUT2D eigenvalue weighted by Crippen LogP contribution is -2.34. The van der Waals surface area contributed by atoms with Crippen molar-refractivity contribution < 1.29 is 23.1 Å². The molecule has 0 saturated carbocycles. The fourth-order valence-electron chi connectivity index (χ4n) is 3.56. The molecule has 1 fully saturated rings. The third-order valence-electron chi connectivity index (χ3n) is 4.97. The molecule has 6 nitrogen and oxygen atoms in total. The van der Waals surface area contributed by atoms with Gasteiger partial charge in [0.1, 0.15) is 16.9 Å². The molecule has 1 aliphatic rings. The topological polar surface area (TPSA) is 70.7 Å². The van der Waals surface area contributed by atoms with E-state index < -0.39 is 23.4 Å². The van der Waals surface area contributed by atoms with Crippen LogP contribution in [0.5, 0.6) is 0 Å². The Hall–Kier alpha value is -2.94. The van der Waals surface area contributed by atoms with Crippen LogP contribution >= 0.6 is 0 Å². The lowest BCUT2D eigenvalue weighted by molar-refractivity contribution is -0.142. The Balaban J connectivity index is 1.68. The molecule has 1 aliphatic heterocycles. The fraction of sp³-hybridized carbons (Fsp3) is 0.316. The molecular weight excluding hydrogens is 373 g/mol. The van der Waals surface area contributed by atoms with E-state index in [1.165, 1.54) is 11.8 Å². The van der Waals surface area contributed by atoms with Crippen molar-refractivity contribution in [1.82, 2.24) is 19.5 Å². The number of halogens is 3. The van der Waals surface area contributed by atoms with E-state index in [-0.39, 0.29) is 30.0 Å². The molecule has 0 aliphatic carbocycles. The van der Waals surface area contributed by atoms with Gasteiger partial charge in [0.2, 0.25) is 0 Å². The van der Waals surface area contributed by atoms with E-state index in [0.717, 1.165) is 12.3 Å². The van der Waals surface area contributed by atoms with Gasteiger partial charge < -0.3 is 10.0 Å². The van der Waals surface area contributed by atoms with Crippen LogP contribution in [0.25, 0.3) is 5.65 Å². The standard InChI is InChI=1S/C19H17F3N4O2/c1-12-9-15(19(20,21)22)26-16(24-12)14(10-23-26)17(27)25-8-7-18(28,11-25)13-5-3-2-4-6-13/h2-6,9-10,28H,7-8,11H2,1H3. The van der Waals surface area contributed by atoms with E-state index in [0.29, 0.717) is 16.5 Å². The second kappa shape index (κ2) is 6.30. The molecule has 1 unspecified atom stereocenters. The number of rotatable bonds is 2. The summed E-state index contributed by atoms with van der Waals surface area (Å²) in [6, 6.07) is 9.88. The number of carbonyl (C=O) groups excluding carboxylic acids is 1. The summed E-state index contributed by atoms with van der Waals surface area (Å²) in [6.07, 6.45) is -3.19. The predicted octanol–water partition coefficient (Wildman–Crippen LogP) is 2.79. The second-order valence-corrected chi connectivity index (χ2v) is 6.95. The summed E-state index contributed by atoms with van der Waals surface area (Å²) in [5.74, 6) is -0.506. The zero-order valence-corrected chi connectivity index (χ0v) is 14.9. The number of amides is 1. The maximum absolute atomic E-state index is 13.3. The molecule has 0 spiro atoms. The average molecular weight is 390 g/mol. The minimum Gasteiger partial charge on any atom is -0.383 e. The molecule has 0 bridgehead atoms. The van der Waals surface area contributed by atoms with E-state index in [2.05, 4.69) is 10.1 Å². The minimum absolute atomic E-state index is 0.0217. The Morgan fingerprint density at radius 1 is 1.25 bits per heavy atom. The van der Waals surface area contributed by atoms with Gasteiger partial charge in [0.05, 0.1) is 12.7 Å². The summed E-state index contributed by atoms with van der Waals surface area (Å²) in [7, 11) is 0. The highest BCUT2D eigenvalue weighted by molar-refractivity contribution is 6.00. The van der Waals surface area contributed by atoms with Gasteiger partial charge in [-0.15, -0.1) is 0 Å². The van der Waals surface area contributed by atoms with Crippen LogP contribution in [0.3, 0.4) is 0 Å². The number of hydrogen-bond acceptors (Lipinski definition) is 4. The van der Waals surface area contributed by atoms with Crippen molar-refractivity contribution in [2.45, 2.75) is 25.1 Å². The van der Waals surface area contributed by atoms with Gasteiger partial charge in [0.25, 0.3) is 5.91 Å². The molecule has 28 heavy (non-hydrogen) atoms. The maximum Gasteiger partial charge on any atom is 0.433 e. The van der Waals surface area contributed by atoms with Crippen LogP contribution in [0.2, 0.25) is 0 Å². The average Bonchev–Trinajstić information content (AvgIpc) is 3.25. The number of fused-ring (bicyclic) bond motifs is 1. The molecule has 1 amide bonds. The van der Waals surface area contributed by atoms with Crippen molar-refractivity contribution in [3.8, 4) is 0 Å². The van der Waals surface area contributed by atoms with Gasteiger partial charge in [-0.2, -0.15) is 18.3 Å². The zero-order chi connectivity index (χ0) is 20.1. The van der Waals surface area contributed by atoms with Gasteiger partial charge in [-0.25, -0.2) is 9.50 Å². The fourth-order valence-corrected chi connectivity index (χ4v) is 3.56. The Morgan fingerprint density at radius 3 is 2.64 bits per heavy atom. The van der Waals surface area contributed by atoms with Crippen LogP contribution in [0.1, 0.15) is 33.7 Å². The van der Waals surface area contributed by atoms with Crippen molar-refractivity contribution in [3.05, 3.63) is 65.1 Å². The number of aryl methyl sites for hydroxylation is 1. The number of aliphatic hydroxyl groups is 1. The van der Waals surface area contributed by atoms with Crippen LogP contribution < -0.4 is 0 Å². The molecule has 4 rings (SSSR count). The summed E-state index contributed by atoms with van der Waals surface area (Å²) >= 11 is 0. The van der Waals surface area contributed by atoms with E-state index in [4.69, 9.17) is 0 Å². The third kappa shape index (κ3) is 3.01. The highest BCUT2D eigenvalue weighted by atomic mass is 19.4. The largest absolute Gasteiger partial charge is 0.433 e. The SMILES string of the molecule is Cc1cc(C(F)(F)F)n2ncc(C(=O)N3CCC(O)(c4ccccc4)C3)c2n1. The highest BCUT2D eigenvalue weighted by Gasteiger charge is 2.41. The van der Waals surface area contributed by atoms with Crippen LogP contribution in [0.15, 0.2) is 42.6 Å². The van der Waals surface area contributed by atoms with Gasteiger partial charge in [-0.1, -0.05) is 30.3 Å². The molecule has 3 aromatic rings. The summed E-state index contributed by atoms with van der Waals surface area (Å²) in [5, 5.41) is 14.6. The highest BCUT2D eigenvalue weighted by Crippen LogP contribution is 2.34. The zero-order valence-electron chi connectivity index (χ0n) is 14.9. The first kappa shape index (κ1) is 18.4. The van der Waals surface area contributed by atoms with Gasteiger partial charge in [-0.3, -0.25) is 4.79 Å². The Kier molecular flexibility index (Phi) is 4.15. The lowest BCUT2D eigenvalue weighted by Gasteiger charge is -2.23. The molecule has 1 N–H and O–H groups in total. The van der Waals surface area contributed by atoms with Gasteiger partial charge in [-0.05, 0) is 25.0 Å². The molecule has 3 heterocycles. The molecule has 2 aromatic heterocycles. The van der Waals surface area contributed by atoms with Crippen molar-refractivity contribution in [2.24, 2.45) is 0 Å². The smallest absolute Gasteiger partial charge is 0.383 e. The summed E-state index contributed by atoms with van der Waals surface area (Å²) in [6.45, 7) is 1.76. The van der Waals surface area contributed by atoms with E-state index in [1.807, 2.05) is 6.07 Å². The quantitative estimate of drug-likeness (QED) is 0.731. The molecule has 146 valence electrons. The second-order valence-electron chi connectivity index (χ2n) is 6.95. The third-order valence-corrected chi connectivity index (χ3v) is 4.97. The van der Waals surface area contributed by atoms with Crippen molar-refractivity contribution in [2.75, 3.05) is 13.1 Å². The molecule has 1 atom stereocenters. The molecular formula is C19H17F3N4O2. The van der Waals surface area contributed by atoms with Gasteiger partial charge >= 0.3 is 6.18 Å². The van der Waals surface area contributed by atoms with Crippen LogP contribution in [-0.4, -0.2) is 43.6 Å². The Labute approximate surface area is 158 Å². The van der Waals surface area contributed by atoms with Crippen molar-refractivity contribution in [1.29, 1.82) is 0 Å². The summed E-state index contributed by atoms with van der Waals surface area (Å²) in [5.41, 5.74) is -1.52. The number of likely N-dealkylation sites (tertiary alicyclic amines) is 1. The number of carbonyl (C=O) groups is 1. The van der Waals surface area contributed by atoms with Crippen LogP contribution in [0, 0.1) is 6.92 Å². The number of aromatic nitrogens is 3. The van der Waals surface area contributed by atoms with E-state index >= 15 is 0 Å². The molecule has 9 heteroatoms. The number of β-amino-alcohol motifs (C(OH)–C–C–N with tert-alkyl or cyclic N) is 1. The first-order valence-corrected chi connectivity index (χ1v) is 8.69. The predicted molar refractivity (Wildman–Crippen MR) is 93.6 cm³/mol. The number of benzene rings is 1. The van der Waals surface area contributed by atoms with Crippen LogP contribution in [-0.2, 0) is 11.8 Å². The molecule has 1 saturated heterocycles. The Bertz CT molecular complexity index is 1050. The molecule has 0 radical (unpaired) electrons. The van der Waals surface area contributed by atoms with Gasteiger partial charge in [0.15, 0.2) is 5.65 Å². The number of hydrogen-bond donors (Lipinski definition) is 1. The normalized spacial score (nSPS) is 20.1. The summed E-state index contributed by atoms with van der Waals surface area (Å²) in [4.78, 5) is 18.5. The lowest BCUT2D eigenvalue weighted by atomic mass is 9.93. The maximum atomic E-state index is 13.3. The number of alkyl halides is 3. The Morgan fingerprint density at radius 2 is 1.96 bits per heavy atom. The van der Waals surface area contributed by atoms with Crippen LogP contribution in [0.4, 0.5) is 13.2 Å². The monoisotopic (exact) mass is 390 g/mol. The van der Waals surface area contributed by atoms with Gasteiger partial charge in [0, 0.05) is 12.2 Å². The first-order chi connectivity index (χ1) is 13.2. The summed E-state index contributed by atoms with van der Waals surface area (Å²) < 4.78 is 40.5. The van der Waals surface area contributed by atoms with Crippen molar-refractivity contribution in [3.63, 3.8) is 0 Å². The number of nitrogens with zero attached hydrogens (tertiary/aromatic N) is 4. The first-order valence-electron chi connectivity index (χ1n) is 8.69. The minimum atomic E-state index is -4.63.